The Kier molecular flexibility index (Phi) is 6.51. The summed E-state index contributed by atoms with van der Waals surface area (Å²) in [7, 11) is 1.36. The molecule has 8 heteroatoms. The number of ether oxygens (including phenoxy) is 2. The molecule has 3 aromatic rings. The number of benzene rings is 3. The van der Waals surface area contributed by atoms with Crippen molar-refractivity contribution in [2.45, 2.75) is 30.2 Å². The van der Waals surface area contributed by atoms with Gasteiger partial charge in [-0.3, -0.25) is 10.6 Å². The van der Waals surface area contributed by atoms with Crippen LogP contribution < -0.4 is 10.6 Å². The van der Waals surface area contributed by atoms with E-state index in [0.717, 1.165) is 11.1 Å². The third-order valence-corrected chi connectivity index (χ3v) is 5.58. The molecule has 33 heavy (non-hydrogen) atoms. The first kappa shape index (κ1) is 23.0. The van der Waals surface area contributed by atoms with Gasteiger partial charge in [-0.1, -0.05) is 91.0 Å². The molecular formula is C25H23F3N2O3. The highest BCUT2D eigenvalue weighted by atomic mass is 19.4. The van der Waals surface area contributed by atoms with E-state index in [0.29, 0.717) is 5.56 Å². The van der Waals surface area contributed by atoms with E-state index in [1.807, 2.05) is 60.7 Å². The smallest absolute Gasteiger partial charge is 0.420 e. The first-order valence-electron chi connectivity index (χ1n) is 10.4. The Hall–Kier alpha value is -3.20. The van der Waals surface area contributed by atoms with Crippen molar-refractivity contribution in [3.05, 3.63) is 108 Å². The van der Waals surface area contributed by atoms with Crippen LogP contribution in [0.2, 0.25) is 0 Å². The molecule has 0 amide bonds. The molecule has 3 atom stereocenters. The average Bonchev–Trinajstić information content (AvgIpc) is 3.21. The number of methoxy groups -OCH3 is 1. The Balaban J connectivity index is 1.84. The lowest BCUT2D eigenvalue weighted by Crippen LogP contribution is -2.59. The molecule has 1 aliphatic heterocycles. The van der Waals surface area contributed by atoms with Crippen LogP contribution in [-0.2, 0) is 14.3 Å². The van der Waals surface area contributed by atoms with Gasteiger partial charge in [-0.25, -0.2) is 4.79 Å². The second-order valence-electron chi connectivity index (χ2n) is 7.71. The van der Waals surface area contributed by atoms with E-state index in [-0.39, 0.29) is 0 Å². The van der Waals surface area contributed by atoms with Crippen molar-refractivity contribution in [2.24, 2.45) is 0 Å². The number of alkyl halides is 3. The highest BCUT2D eigenvalue weighted by Gasteiger charge is 2.57. The number of rotatable bonds is 6. The topological polar surface area (TPSA) is 59.6 Å². The van der Waals surface area contributed by atoms with E-state index in [1.165, 1.54) is 7.11 Å². The maximum absolute atomic E-state index is 13.3. The first-order chi connectivity index (χ1) is 15.8. The zero-order chi connectivity index (χ0) is 23.5. The van der Waals surface area contributed by atoms with Gasteiger partial charge in [0.2, 0.25) is 0 Å². The van der Waals surface area contributed by atoms with Gasteiger partial charge in [0.1, 0.15) is 0 Å². The summed E-state index contributed by atoms with van der Waals surface area (Å²) in [6, 6.07) is 26.1. The average molecular weight is 456 g/mol. The van der Waals surface area contributed by atoms with Crippen molar-refractivity contribution in [1.29, 1.82) is 0 Å². The van der Waals surface area contributed by atoms with Gasteiger partial charge in [-0.15, -0.1) is 0 Å². The predicted molar refractivity (Wildman–Crippen MR) is 116 cm³/mol. The van der Waals surface area contributed by atoms with Crippen molar-refractivity contribution in [3.8, 4) is 0 Å². The maximum Gasteiger partial charge on any atom is 0.491 e. The Labute approximate surface area is 189 Å². The normalized spacial score (nSPS) is 23.8. The maximum atomic E-state index is 13.3. The van der Waals surface area contributed by atoms with E-state index in [9.17, 15) is 18.0 Å². The lowest BCUT2D eigenvalue weighted by Gasteiger charge is -2.37. The van der Waals surface area contributed by atoms with Crippen LogP contribution in [0.5, 0.6) is 0 Å². The van der Waals surface area contributed by atoms with Crippen LogP contribution in [0.25, 0.3) is 0 Å². The van der Waals surface area contributed by atoms with Gasteiger partial charge in [-0.2, -0.15) is 13.2 Å². The first-order valence-corrected chi connectivity index (χ1v) is 10.4. The summed E-state index contributed by atoms with van der Waals surface area (Å²) >= 11 is 0. The predicted octanol–water partition coefficient (Wildman–Crippen LogP) is 4.81. The number of nitrogens with one attached hydrogen (secondary N) is 2. The zero-order valence-electron chi connectivity index (χ0n) is 17.8. The number of hydrogen-bond donors (Lipinski definition) is 2. The molecule has 0 aliphatic carbocycles. The van der Waals surface area contributed by atoms with Gasteiger partial charge in [0, 0.05) is 7.11 Å². The quantitative estimate of drug-likeness (QED) is 0.522. The lowest BCUT2D eigenvalue weighted by molar-refractivity contribution is -0.233. The highest BCUT2D eigenvalue weighted by molar-refractivity contribution is 5.76. The molecule has 0 aromatic heterocycles. The number of halogens is 3. The molecule has 0 radical (unpaired) electrons. The van der Waals surface area contributed by atoms with Crippen LogP contribution in [0, 0.1) is 0 Å². The Bertz CT molecular complexity index is 1020. The molecule has 1 fully saturated rings. The molecule has 5 nitrogen and oxygen atoms in total. The second-order valence-corrected chi connectivity index (χ2v) is 7.71. The Morgan fingerprint density at radius 1 is 0.818 bits per heavy atom. The summed E-state index contributed by atoms with van der Waals surface area (Å²) in [5, 5.41) is 6.29. The van der Waals surface area contributed by atoms with Crippen molar-refractivity contribution in [3.63, 3.8) is 0 Å². The van der Waals surface area contributed by atoms with Gasteiger partial charge in [0.15, 0.2) is 6.10 Å². The molecule has 0 spiro atoms. The molecule has 0 saturated carbocycles. The molecule has 172 valence electrons. The molecule has 4 rings (SSSR count). The van der Waals surface area contributed by atoms with Crippen molar-refractivity contribution < 1.29 is 27.4 Å². The SMILES string of the molecule is COC(c1ccccc1)C1(OC(=O)C(F)(F)F)NC(c2ccccc2)C(c2ccccc2)N1. The number of hydrogen-bond acceptors (Lipinski definition) is 5. The molecule has 1 saturated heterocycles. The molecule has 1 aliphatic rings. The van der Waals surface area contributed by atoms with Gasteiger partial charge in [0.05, 0.1) is 12.1 Å². The Morgan fingerprint density at radius 2 is 1.24 bits per heavy atom. The van der Waals surface area contributed by atoms with E-state index < -0.39 is 36.2 Å². The number of carbonyl (C=O) groups excluding carboxylic acids is 1. The van der Waals surface area contributed by atoms with Crippen LogP contribution in [0.1, 0.15) is 34.9 Å². The lowest BCUT2D eigenvalue weighted by atomic mass is 9.95. The summed E-state index contributed by atoms with van der Waals surface area (Å²) in [6.45, 7) is 0. The van der Waals surface area contributed by atoms with E-state index in [1.54, 1.807) is 30.3 Å². The van der Waals surface area contributed by atoms with Crippen LogP contribution >= 0.6 is 0 Å². The van der Waals surface area contributed by atoms with Gasteiger partial charge in [0.25, 0.3) is 5.85 Å². The standard InChI is InChI=1S/C25H23F3N2O3/c1-32-22(19-15-9-4-10-16-19)25(33-23(31)24(26,27)28)29-20(17-11-5-2-6-12-17)21(30-25)18-13-7-3-8-14-18/h2-16,20-22,29-30H,1H3. The Morgan fingerprint density at radius 3 is 1.64 bits per heavy atom. The summed E-state index contributed by atoms with van der Waals surface area (Å²) in [4.78, 5) is 12.1. The third kappa shape index (κ3) is 4.78. The summed E-state index contributed by atoms with van der Waals surface area (Å²) < 4.78 is 50.7. The van der Waals surface area contributed by atoms with Crippen LogP contribution in [-0.4, -0.2) is 25.1 Å². The number of esters is 1. The molecule has 3 aromatic carbocycles. The molecular weight excluding hydrogens is 433 g/mol. The van der Waals surface area contributed by atoms with E-state index in [2.05, 4.69) is 10.6 Å². The fourth-order valence-electron chi connectivity index (χ4n) is 4.18. The van der Waals surface area contributed by atoms with Crippen LogP contribution in [0.15, 0.2) is 91.0 Å². The minimum atomic E-state index is -5.18. The minimum absolute atomic E-state index is 0.518. The van der Waals surface area contributed by atoms with Gasteiger partial charge >= 0.3 is 12.1 Å². The molecule has 3 unspecified atom stereocenters. The van der Waals surface area contributed by atoms with Crippen molar-refractivity contribution in [1.82, 2.24) is 10.6 Å². The van der Waals surface area contributed by atoms with E-state index in [4.69, 9.17) is 9.47 Å². The molecule has 2 N–H and O–H groups in total. The summed E-state index contributed by atoms with van der Waals surface area (Å²) in [5.41, 5.74) is 2.16. The fraction of sp³-hybridized carbons (Fsp3) is 0.240. The minimum Gasteiger partial charge on any atom is -0.420 e. The van der Waals surface area contributed by atoms with E-state index >= 15 is 0 Å². The second kappa shape index (κ2) is 9.35. The third-order valence-electron chi connectivity index (χ3n) is 5.58. The van der Waals surface area contributed by atoms with Crippen molar-refractivity contribution in [2.75, 3.05) is 7.11 Å². The monoisotopic (exact) mass is 456 g/mol. The summed E-state index contributed by atoms with van der Waals surface area (Å²) in [6.07, 6.45) is -6.26. The van der Waals surface area contributed by atoms with Crippen LogP contribution in [0.4, 0.5) is 13.2 Å². The van der Waals surface area contributed by atoms with Gasteiger partial charge in [-0.05, 0) is 16.7 Å². The molecule has 0 bridgehead atoms. The fourth-order valence-corrected chi connectivity index (χ4v) is 4.18. The van der Waals surface area contributed by atoms with Crippen LogP contribution in [0.3, 0.4) is 0 Å². The zero-order valence-corrected chi connectivity index (χ0v) is 17.8. The largest absolute Gasteiger partial charge is 0.491 e. The highest BCUT2D eigenvalue weighted by Crippen LogP contribution is 2.43. The summed E-state index contributed by atoms with van der Waals surface area (Å²) in [5.74, 6) is -4.31. The molecule has 1 heterocycles. The van der Waals surface area contributed by atoms with Crippen molar-refractivity contribution >= 4 is 5.97 Å². The van der Waals surface area contributed by atoms with Gasteiger partial charge < -0.3 is 9.47 Å². The number of carbonyl (C=O) groups is 1.